The minimum absolute atomic E-state index is 0.119. The zero-order chi connectivity index (χ0) is 16.2. The van der Waals surface area contributed by atoms with Crippen LogP contribution in [0.1, 0.15) is 42.7 Å². The van der Waals surface area contributed by atoms with Gasteiger partial charge in [0.2, 0.25) is 0 Å². The SMILES string of the molecule is COC1c2c(cc3c(cnn3C3CCCCO3)c2Br)CC1(F)F. The van der Waals surface area contributed by atoms with Gasteiger partial charge in [0.25, 0.3) is 5.92 Å². The number of hydrogen-bond donors (Lipinski definition) is 0. The van der Waals surface area contributed by atoms with Crippen molar-refractivity contribution in [2.24, 2.45) is 0 Å². The maximum atomic E-state index is 14.2. The maximum Gasteiger partial charge on any atom is 0.281 e. The maximum absolute atomic E-state index is 14.2. The van der Waals surface area contributed by atoms with E-state index < -0.39 is 12.0 Å². The predicted molar refractivity (Wildman–Crippen MR) is 84.7 cm³/mol. The van der Waals surface area contributed by atoms with Crippen LogP contribution in [0.25, 0.3) is 10.9 Å². The number of fused-ring (bicyclic) bond motifs is 2. The van der Waals surface area contributed by atoms with Gasteiger partial charge in [-0.2, -0.15) is 5.10 Å². The molecule has 0 N–H and O–H groups in total. The second kappa shape index (κ2) is 5.50. The lowest BCUT2D eigenvalue weighted by atomic mass is 10.1. The molecule has 4 rings (SSSR count). The fraction of sp³-hybridized carbons (Fsp3) is 0.562. The van der Waals surface area contributed by atoms with E-state index in [0.29, 0.717) is 22.2 Å². The Balaban J connectivity index is 1.86. The molecule has 1 saturated heterocycles. The van der Waals surface area contributed by atoms with Crippen molar-refractivity contribution in [2.45, 2.75) is 43.9 Å². The number of nitrogens with zero attached hydrogens (tertiary/aromatic N) is 2. The van der Waals surface area contributed by atoms with Crippen LogP contribution in [0.3, 0.4) is 0 Å². The van der Waals surface area contributed by atoms with Crippen LogP contribution in [-0.4, -0.2) is 29.4 Å². The van der Waals surface area contributed by atoms with E-state index in [9.17, 15) is 8.78 Å². The highest BCUT2D eigenvalue weighted by Crippen LogP contribution is 2.50. The van der Waals surface area contributed by atoms with Gasteiger partial charge in [-0.05, 0) is 46.8 Å². The van der Waals surface area contributed by atoms with Gasteiger partial charge in [-0.25, -0.2) is 13.5 Å². The summed E-state index contributed by atoms with van der Waals surface area (Å²) in [4.78, 5) is 0. The molecule has 0 radical (unpaired) electrons. The Kier molecular flexibility index (Phi) is 3.70. The lowest BCUT2D eigenvalue weighted by Gasteiger charge is -2.23. The van der Waals surface area contributed by atoms with Gasteiger partial charge in [0.15, 0.2) is 6.23 Å². The largest absolute Gasteiger partial charge is 0.370 e. The first-order valence-electron chi connectivity index (χ1n) is 7.73. The van der Waals surface area contributed by atoms with Crippen molar-refractivity contribution in [3.8, 4) is 0 Å². The second-order valence-corrected chi connectivity index (χ2v) is 6.95. The van der Waals surface area contributed by atoms with Gasteiger partial charge in [0, 0.05) is 35.6 Å². The van der Waals surface area contributed by atoms with Crippen molar-refractivity contribution in [3.05, 3.63) is 27.9 Å². The summed E-state index contributed by atoms with van der Waals surface area (Å²) in [6, 6.07) is 1.81. The van der Waals surface area contributed by atoms with Crippen LogP contribution >= 0.6 is 15.9 Å². The fourth-order valence-corrected chi connectivity index (χ4v) is 4.41. The third-order valence-electron chi connectivity index (χ3n) is 4.70. The zero-order valence-corrected chi connectivity index (χ0v) is 14.3. The number of halogens is 3. The lowest BCUT2D eigenvalue weighted by Crippen LogP contribution is -2.23. The van der Waals surface area contributed by atoms with E-state index in [4.69, 9.17) is 9.47 Å². The quantitative estimate of drug-likeness (QED) is 0.768. The average molecular weight is 387 g/mol. The molecule has 0 saturated carbocycles. The number of benzene rings is 1. The average Bonchev–Trinajstić information content (AvgIpc) is 3.06. The van der Waals surface area contributed by atoms with Gasteiger partial charge < -0.3 is 9.47 Å². The first-order chi connectivity index (χ1) is 11.0. The van der Waals surface area contributed by atoms with Crippen molar-refractivity contribution in [3.63, 3.8) is 0 Å². The van der Waals surface area contributed by atoms with Crippen molar-refractivity contribution >= 4 is 26.8 Å². The summed E-state index contributed by atoms with van der Waals surface area (Å²) < 4.78 is 41.7. The lowest BCUT2D eigenvalue weighted by molar-refractivity contribution is -0.114. The summed E-state index contributed by atoms with van der Waals surface area (Å²) in [5.41, 5.74) is 1.97. The summed E-state index contributed by atoms with van der Waals surface area (Å²) in [6.45, 7) is 0.710. The van der Waals surface area contributed by atoms with Gasteiger partial charge in [0.05, 0.1) is 11.7 Å². The summed E-state index contributed by atoms with van der Waals surface area (Å²) in [5.74, 6) is -2.89. The molecular weight excluding hydrogens is 370 g/mol. The van der Waals surface area contributed by atoms with Crippen molar-refractivity contribution in [1.29, 1.82) is 0 Å². The van der Waals surface area contributed by atoms with Crippen LogP contribution in [-0.2, 0) is 15.9 Å². The van der Waals surface area contributed by atoms with Crippen LogP contribution in [0.5, 0.6) is 0 Å². The van der Waals surface area contributed by atoms with E-state index in [-0.39, 0.29) is 12.6 Å². The van der Waals surface area contributed by atoms with Gasteiger partial charge in [-0.15, -0.1) is 0 Å². The second-order valence-electron chi connectivity index (χ2n) is 6.16. The molecule has 1 aliphatic heterocycles. The van der Waals surface area contributed by atoms with Gasteiger partial charge in [-0.1, -0.05) is 0 Å². The Morgan fingerprint density at radius 1 is 1.43 bits per heavy atom. The molecule has 23 heavy (non-hydrogen) atoms. The summed E-state index contributed by atoms with van der Waals surface area (Å²) >= 11 is 3.50. The third-order valence-corrected chi connectivity index (χ3v) is 5.55. The Morgan fingerprint density at radius 2 is 2.26 bits per heavy atom. The normalized spacial score (nSPS) is 26.6. The van der Waals surface area contributed by atoms with Crippen LogP contribution in [0.4, 0.5) is 8.78 Å². The molecule has 124 valence electrons. The van der Waals surface area contributed by atoms with Crippen molar-refractivity contribution < 1.29 is 18.3 Å². The first kappa shape index (κ1) is 15.5. The molecule has 2 aliphatic rings. The molecule has 4 nitrogen and oxygen atoms in total. The molecule has 1 fully saturated rings. The number of ether oxygens (including phenoxy) is 2. The van der Waals surface area contributed by atoms with E-state index in [1.807, 2.05) is 10.7 Å². The molecule has 0 bridgehead atoms. The number of hydrogen-bond acceptors (Lipinski definition) is 3. The zero-order valence-electron chi connectivity index (χ0n) is 12.7. The van der Waals surface area contributed by atoms with Crippen LogP contribution in [0.15, 0.2) is 16.7 Å². The van der Waals surface area contributed by atoms with E-state index in [0.717, 1.165) is 30.2 Å². The third kappa shape index (κ3) is 2.32. The highest BCUT2D eigenvalue weighted by molar-refractivity contribution is 9.10. The Labute approximate surface area is 140 Å². The minimum atomic E-state index is -2.89. The molecule has 2 heterocycles. The molecule has 2 aromatic rings. The Bertz CT molecular complexity index is 756. The molecule has 1 aromatic heterocycles. The predicted octanol–water partition coefficient (Wildman–Crippen LogP) is 4.38. The summed E-state index contributed by atoms with van der Waals surface area (Å²) in [5, 5.41) is 5.26. The van der Waals surface area contributed by atoms with Crippen molar-refractivity contribution in [1.82, 2.24) is 9.78 Å². The molecule has 0 amide bonds. The number of alkyl halides is 2. The Morgan fingerprint density at radius 3 is 2.96 bits per heavy atom. The van der Waals surface area contributed by atoms with Gasteiger partial charge in [0.1, 0.15) is 6.10 Å². The molecule has 1 aromatic carbocycles. The molecule has 2 atom stereocenters. The summed E-state index contributed by atoms with van der Waals surface area (Å²) in [7, 11) is 1.32. The molecule has 7 heteroatoms. The van der Waals surface area contributed by atoms with Gasteiger partial charge >= 0.3 is 0 Å². The minimum Gasteiger partial charge on any atom is -0.370 e. The molecular formula is C16H17BrF2N2O2. The first-order valence-corrected chi connectivity index (χ1v) is 8.53. The van der Waals surface area contributed by atoms with E-state index in [2.05, 4.69) is 21.0 Å². The standard InChI is InChI=1S/C16H17BrF2N2O2/c1-22-15-13-9(7-16(15,18)19)6-11-10(14(13)17)8-20-21(11)12-4-2-3-5-23-12/h6,8,12,15H,2-5,7H2,1H3. The van der Waals surface area contributed by atoms with Crippen LogP contribution in [0.2, 0.25) is 0 Å². The Hall–Kier alpha value is -1.05. The number of aromatic nitrogens is 2. The topological polar surface area (TPSA) is 36.3 Å². The number of methoxy groups -OCH3 is 1. The highest BCUT2D eigenvalue weighted by Gasteiger charge is 2.49. The smallest absolute Gasteiger partial charge is 0.281 e. The number of rotatable bonds is 2. The highest BCUT2D eigenvalue weighted by atomic mass is 79.9. The van der Waals surface area contributed by atoms with E-state index in [1.165, 1.54) is 7.11 Å². The molecule has 2 unspecified atom stereocenters. The van der Waals surface area contributed by atoms with E-state index >= 15 is 0 Å². The molecule has 0 spiro atoms. The summed E-state index contributed by atoms with van der Waals surface area (Å²) in [6.07, 6.45) is 3.09. The van der Waals surface area contributed by atoms with Crippen molar-refractivity contribution in [2.75, 3.05) is 13.7 Å². The van der Waals surface area contributed by atoms with Crippen LogP contribution < -0.4 is 0 Å². The monoisotopic (exact) mass is 386 g/mol. The fourth-order valence-electron chi connectivity index (χ4n) is 3.64. The van der Waals surface area contributed by atoms with Crippen LogP contribution in [0, 0.1) is 0 Å². The van der Waals surface area contributed by atoms with E-state index in [1.54, 1.807) is 6.20 Å². The molecule has 1 aliphatic carbocycles. The van der Waals surface area contributed by atoms with Gasteiger partial charge in [-0.3, -0.25) is 0 Å².